The third kappa shape index (κ3) is 4.88. The van der Waals surface area contributed by atoms with E-state index in [4.69, 9.17) is 18.6 Å². The number of ether oxygens (including phenoxy) is 3. The summed E-state index contributed by atoms with van der Waals surface area (Å²) in [7, 11) is 1.60. The maximum Gasteiger partial charge on any atom is 0.254 e. The highest BCUT2D eigenvalue weighted by molar-refractivity contribution is 5.97. The van der Waals surface area contributed by atoms with Crippen LogP contribution in [-0.4, -0.2) is 55.3 Å². The zero-order chi connectivity index (χ0) is 28.6. The van der Waals surface area contributed by atoms with Gasteiger partial charge in [-0.25, -0.2) is 0 Å². The van der Waals surface area contributed by atoms with E-state index in [0.717, 1.165) is 42.6 Å². The summed E-state index contributed by atoms with van der Waals surface area (Å²) in [5.74, 6) is 3.09. The lowest BCUT2D eigenvalue weighted by molar-refractivity contribution is 0.0254. The minimum atomic E-state index is 0.0450. The van der Waals surface area contributed by atoms with Crippen LogP contribution in [0, 0.1) is 23.2 Å². The third-order valence-corrected chi connectivity index (χ3v) is 9.01. The molecule has 1 aliphatic carbocycles. The average Bonchev–Trinajstić information content (AvgIpc) is 3.76. The van der Waals surface area contributed by atoms with E-state index in [9.17, 15) is 10.1 Å². The van der Waals surface area contributed by atoms with Crippen molar-refractivity contribution in [3.63, 3.8) is 0 Å². The molecule has 2 aromatic heterocycles. The Morgan fingerprint density at radius 1 is 0.976 bits per heavy atom. The Bertz CT molecular complexity index is 1670. The van der Waals surface area contributed by atoms with Crippen molar-refractivity contribution in [1.29, 1.82) is 5.26 Å². The number of benzene rings is 2. The van der Waals surface area contributed by atoms with Crippen molar-refractivity contribution < 1.29 is 23.4 Å². The predicted octanol–water partition coefficient (Wildman–Crippen LogP) is 6.47. The van der Waals surface area contributed by atoms with Gasteiger partial charge in [-0.3, -0.25) is 9.78 Å². The zero-order valence-corrected chi connectivity index (χ0v) is 23.7. The largest absolute Gasteiger partial charge is 0.496 e. The van der Waals surface area contributed by atoms with Crippen molar-refractivity contribution in [2.24, 2.45) is 11.8 Å². The zero-order valence-electron chi connectivity index (χ0n) is 23.7. The van der Waals surface area contributed by atoms with Gasteiger partial charge in [-0.1, -0.05) is 12.5 Å². The number of amides is 1. The SMILES string of the molecule is COc1cc(C(=O)N2CC3CCCC3C2)ccc1-c1cc2nccc(-c3ccc(OC4CCOCC4)c(C#N)c3)c2o1. The molecule has 8 heteroatoms. The first-order chi connectivity index (χ1) is 20.6. The number of pyridine rings is 1. The molecule has 214 valence electrons. The van der Waals surface area contributed by atoms with Crippen LogP contribution < -0.4 is 9.47 Å². The minimum Gasteiger partial charge on any atom is -0.496 e. The number of methoxy groups -OCH3 is 1. The number of likely N-dealkylation sites (tertiary alicyclic amines) is 1. The second-order valence-corrected chi connectivity index (χ2v) is 11.5. The van der Waals surface area contributed by atoms with E-state index in [2.05, 4.69) is 11.1 Å². The summed E-state index contributed by atoms with van der Waals surface area (Å²) < 4.78 is 23.7. The molecule has 0 N–H and O–H groups in total. The van der Waals surface area contributed by atoms with Gasteiger partial charge in [-0.05, 0) is 66.6 Å². The van der Waals surface area contributed by atoms with Crippen molar-refractivity contribution in [2.45, 2.75) is 38.2 Å². The molecule has 7 rings (SSSR count). The van der Waals surface area contributed by atoms with Crippen molar-refractivity contribution >= 4 is 17.0 Å². The summed E-state index contributed by atoms with van der Waals surface area (Å²) in [6, 6.07) is 17.2. The second kappa shape index (κ2) is 11.1. The van der Waals surface area contributed by atoms with Gasteiger partial charge in [0.15, 0.2) is 5.58 Å². The quantitative estimate of drug-likeness (QED) is 0.265. The Morgan fingerprint density at radius 3 is 2.55 bits per heavy atom. The molecule has 42 heavy (non-hydrogen) atoms. The van der Waals surface area contributed by atoms with Crippen LogP contribution in [-0.2, 0) is 4.74 Å². The number of rotatable bonds is 6. The summed E-state index contributed by atoms with van der Waals surface area (Å²) in [6.45, 7) is 3.04. The maximum absolute atomic E-state index is 13.3. The van der Waals surface area contributed by atoms with Gasteiger partial charge in [0.2, 0.25) is 0 Å². The van der Waals surface area contributed by atoms with Crippen LogP contribution in [0.25, 0.3) is 33.6 Å². The fraction of sp³-hybridized carbons (Fsp3) is 0.382. The molecule has 2 saturated heterocycles. The van der Waals surface area contributed by atoms with Gasteiger partial charge in [0, 0.05) is 49.3 Å². The molecular weight excluding hydrogens is 530 g/mol. The summed E-state index contributed by atoms with van der Waals surface area (Å²) in [5, 5.41) is 9.88. The Kier molecular flexibility index (Phi) is 7.04. The topological polar surface area (TPSA) is 97.8 Å². The number of aromatic nitrogens is 1. The number of furan rings is 1. The van der Waals surface area contributed by atoms with Crippen LogP contribution in [0.1, 0.15) is 48.0 Å². The fourth-order valence-corrected chi connectivity index (χ4v) is 6.77. The second-order valence-electron chi connectivity index (χ2n) is 11.5. The van der Waals surface area contributed by atoms with Crippen LogP contribution in [0.4, 0.5) is 0 Å². The molecule has 3 fully saturated rings. The van der Waals surface area contributed by atoms with Crippen LogP contribution in [0.3, 0.4) is 0 Å². The average molecular weight is 564 g/mol. The molecule has 4 aromatic rings. The van der Waals surface area contributed by atoms with Crippen LogP contribution in [0.15, 0.2) is 59.1 Å². The van der Waals surface area contributed by atoms with Crippen LogP contribution in [0.5, 0.6) is 11.5 Å². The molecule has 3 aliphatic rings. The monoisotopic (exact) mass is 563 g/mol. The lowest BCUT2D eigenvalue weighted by Crippen LogP contribution is -2.29. The molecule has 2 unspecified atom stereocenters. The summed E-state index contributed by atoms with van der Waals surface area (Å²) in [4.78, 5) is 19.9. The van der Waals surface area contributed by atoms with Crippen molar-refractivity contribution in [1.82, 2.24) is 9.88 Å². The highest BCUT2D eigenvalue weighted by Crippen LogP contribution is 2.40. The summed E-state index contributed by atoms with van der Waals surface area (Å²) >= 11 is 0. The van der Waals surface area contributed by atoms with E-state index in [1.54, 1.807) is 13.3 Å². The molecule has 2 atom stereocenters. The Morgan fingerprint density at radius 2 is 1.79 bits per heavy atom. The smallest absolute Gasteiger partial charge is 0.254 e. The van der Waals surface area contributed by atoms with E-state index in [1.807, 2.05) is 53.4 Å². The van der Waals surface area contributed by atoms with Gasteiger partial charge in [-0.2, -0.15) is 5.26 Å². The van der Waals surface area contributed by atoms with Gasteiger partial charge in [0.25, 0.3) is 5.91 Å². The van der Waals surface area contributed by atoms with E-state index in [1.165, 1.54) is 19.3 Å². The maximum atomic E-state index is 13.3. The van der Waals surface area contributed by atoms with Crippen molar-refractivity contribution in [2.75, 3.05) is 33.4 Å². The molecule has 0 spiro atoms. The highest BCUT2D eigenvalue weighted by atomic mass is 16.5. The number of nitriles is 1. The lowest BCUT2D eigenvalue weighted by atomic mass is 10.0. The summed E-state index contributed by atoms with van der Waals surface area (Å²) in [5.41, 5.74) is 4.80. The number of hydrogen-bond acceptors (Lipinski definition) is 7. The molecule has 1 saturated carbocycles. The first kappa shape index (κ1) is 26.5. The first-order valence-electron chi connectivity index (χ1n) is 14.8. The van der Waals surface area contributed by atoms with Gasteiger partial charge < -0.3 is 23.5 Å². The van der Waals surface area contributed by atoms with Crippen LogP contribution >= 0.6 is 0 Å². The van der Waals surface area contributed by atoms with Gasteiger partial charge in [0.05, 0.1) is 31.5 Å². The van der Waals surface area contributed by atoms with Crippen LogP contribution in [0.2, 0.25) is 0 Å². The lowest BCUT2D eigenvalue weighted by Gasteiger charge is -2.23. The molecule has 0 radical (unpaired) electrons. The van der Waals surface area contributed by atoms with Crippen molar-refractivity contribution in [3.05, 3.63) is 65.9 Å². The molecule has 8 nitrogen and oxygen atoms in total. The molecule has 4 heterocycles. The van der Waals surface area contributed by atoms with E-state index in [0.29, 0.717) is 64.5 Å². The molecular formula is C34H33N3O5. The standard InChI is InChI=1S/C34H33N3O5/c1-39-31-16-22(34(38)37-19-23-3-2-4-24(23)20-37)5-7-28(31)32-17-29-33(42-32)27(9-12-36-29)21-6-8-30(25(15-21)18-35)41-26-10-13-40-14-11-26/h5-9,12,15-17,23-24,26H,2-4,10-11,13-14,19-20H2,1H3. The molecule has 0 bridgehead atoms. The molecule has 1 amide bonds. The number of carbonyl (C=O) groups excluding carboxylic acids is 1. The predicted molar refractivity (Wildman–Crippen MR) is 157 cm³/mol. The number of hydrogen-bond donors (Lipinski definition) is 0. The Labute approximate surface area is 244 Å². The number of nitrogens with zero attached hydrogens (tertiary/aromatic N) is 3. The summed E-state index contributed by atoms with van der Waals surface area (Å²) in [6.07, 6.45) is 7.14. The molecule has 2 aromatic carbocycles. The number of fused-ring (bicyclic) bond motifs is 2. The van der Waals surface area contributed by atoms with E-state index < -0.39 is 0 Å². The van der Waals surface area contributed by atoms with E-state index >= 15 is 0 Å². The third-order valence-electron chi connectivity index (χ3n) is 9.01. The minimum absolute atomic E-state index is 0.0450. The Hall–Kier alpha value is -4.35. The van der Waals surface area contributed by atoms with E-state index in [-0.39, 0.29) is 12.0 Å². The van der Waals surface area contributed by atoms with Gasteiger partial charge in [0.1, 0.15) is 34.9 Å². The normalized spacial score (nSPS) is 20.4. The highest BCUT2D eigenvalue weighted by Gasteiger charge is 2.38. The molecule has 2 aliphatic heterocycles. The van der Waals surface area contributed by atoms with Gasteiger partial charge in [-0.15, -0.1) is 0 Å². The first-order valence-corrected chi connectivity index (χ1v) is 14.8. The van der Waals surface area contributed by atoms with Gasteiger partial charge >= 0.3 is 0 Å². The van der Waals surface area contributed by atoms with Crippen molar-refractivity contribution in [3.8, 4) is 40.0 Å². The fourth-order valence-electron chi connectivity index (χ4n) is 6.77. The Balaban J connectivity index is 1.17. The number of carbonyl (C=O) groups is 1.